The summed E-state index contributed by atoms with van der Waals surface area (Å²) in [4.78, 5) is 26.0. The van der Waals surface area contributed by atoms with Gasteiger partial charge in [0.05, 0.1) is 24.2 Å². The lowest BCUT2D eigenvalue weighted by Gasteiger charge is -2.11. The lowest BCUT2D eigenvalue weighted by molar-refractivity contribution is 0.0530. The van der Waals surface area contributed by atoms with Gasteiger partial charge in [0.2, 0.25) is 0 Å². The number of para-hydroxylation sites is 2. The van der Waals surface area contributed by atoms with Gasteiger partial charge in [0, 0.05) is 10.8 Å². The minimum atomic E-state index is -0.470. The van der Waals surface area contributed by atoms with Crippen LogP contribution in [0.25, 0.3) is 27.5 Å². The molecule has 5 nitrogen and oxygen atoms in total. The van der Waals surface area contributed by atoms with E-state index in [4.69, 9.17) is 11.2 Å². The molecule has 4 aromatic rings. The number of ether oxygens (including phenoxy) is 1. The first-order chi connectivity index (χ1) is 12.7. The van der Waals surface area contributed by atoms with Gasteiger partial charge in [0.25, 0.3) is 5.56 Å². The van der Waals surface area contributed by atoms with Crippen LogP contribution < -0.4 is 5.56 Å². The van der Waals surface area contributed by atoms with Crippen LogP contribution in [0.3, 0.4) is 0 Å². The van der Waals surface area contributed by atoms with Crippen molar-refractivity contribution in [3.05, 3.63) is 64.4 Å². The summed E-state index contributed by atoms with van der Waals surface area (Å²) in [7, 11) is 0. The number of benzene rings is 2. The number of carbonyl (C=O) groups is 1. The third-order valence-corrected chi connectivity index (χ3v) is 4.46. The molecule has 0 atom stereocenters. The smallest absolute Gasteiger partial charge is 0.342 e. The third kappa shape index (κ3) is 2.12. The number of aromatic nitrogens is 2. The van der Waals surface area contributed by atoms with E-state index in [-0.39, 0.29) is 18.7 Å². The van der Waals surface area contributed by atoms with Crippen molar-refractivity contribution in [1.82, 2.24) is 8.97 Å². The number of rotatable bonds is 3. The SMILES string of the molecule is C#CCn1c2ccccc2n2c(=O)c3ccccc3c(C(=O)OCC)c12. The Bertz CT molecular complexity index is 1270. The topological polar surface area (TPSA) is 52.7 Å². The second-order valence-corrected chi connectivity index (χ2v) is 5.88. The van der Waals surface area contributed by atoms with Gasteiger partial charge in [0.15, 0.2) is 0 Å². The molecule has 0 aliphatic rings. The summed E-state index contributed by atoms with van der Waals surface area (Å²) in [5, 5.41) is 1.04. The molecule has 0 fully saturated rings. The highest BCUT2D eigenvalue weighted by atomic mass is 16.5. The molecule has 2 aromatic carbocycles. The molecule has 0 aliphatic heterocycles. The maximum absolute atomic E-state index is 13.2. The van der Waals surface area contributed by atoms with Crippen molar-refractivity contribution in [2.45, 2.75) is 13.5 Å². The molecule has 0 saturated carbocycles. The van der Waals surface area contributed by atoms with Crippen LogP contribution in [0.5, 0.6) is 0 Å². The Labute approximate surface area is 149 Å². The van der Waals surface area contributed by atoms with Crippen molar-refractivity contribution in [1.29, 1.82) is 0 Å². The average Bonchev–Trinajstić information content (AvgIpc) is 2.97. The number of pyridine rings is 1. The molecule has 26 heavy (non-hydrogen) atoms. The summed E-state index contributed by atoms with van der Waals surface area (Å²) in [6, 6.07) is 14.5. The van der Waals surface area contributed by atoms with Crippen LogP contribution in [-0.4, -0.2) is 21.5 Å². The molecule has 0 amide bonds. The highest BCUT2D eigenvalue weighted by molar-refractivity contribution is 6.11. The number of carbonyl (C=O) groups excluding carboxylic acids is 1. The molecule has 4 rings (SSSR count). The maximum atomic E-state index is 13.2. The summed E-state index contributed by atoms with van der Waals surface area (Å²) >= 11 is 0. The minimum absolute atomic E-state index is 0.185. The van der Waals surface area contributed by atoms with Crippen molar-refractivity contribution in [2.75, 3.05) is 6.61 Å². The van der Waals surface area contributed by atoms with Gasteiger partial charge in [-0.3, -0.25) is 9.20 Å². The fourth-order valence-corrected chi connectivity index (χ4v) is 3.47. The molecule has 0 spiro atoms. The number of esters is 1. The number of hydrogen-bond acceptors (Lipinski definition) is 3. The zero-order chi connectivity index (χ0) is 18.3. The predicted molar refractivity (Wildman–Crippen MR) is 101 cm³/mol. The molecular formula is C21H16N2O3. The fraction of sp³-hybridized carbons (Fsp3) is 0.143. The van der Waals surface area contributed by atoms with Crippen LogP contribution in [0.1, 0.15) is 17.3 Å². The molecular weight excluding hydrogens is 328 g/mol. The highest BCUT2D eigenvalue weighted by Crippen LogP contribution is 2.27. The van der Waals surface area contributed by atoms with Gasteiger partial charge in [-0.2, -0.15) is 0 Å². The Hall–Kier alpha value is -3.52. The second kappa shape index (κ2) is 6.08. The lowest BCUT2D eigenvalue weighted by Crippen LogP contribution is -2.19. The van der Waals surface area contributed by atoms with E-state index in [0.717, 1.165) is 5.52 Å². The molecule has 0 bridgehead atoms. The predicted octanol–water partition coefficient (Wildman–Crippen LogP) is 3.22. The molecule has 0 radical (unpaired) electrons. The molecule has 0 N–H and O–H groups in total. The van der Waals surface area contributed by atoms with E-state index in [1.807, 2.05) is 28.8 Å². The van der Waals surface area contributed by atoms with E-state index < -0.39 is 5.97 Å². The van der Waals surface area contributed by atoms with E-state index >= 15 is 0 Å². The first-order valence-corrected chi connectivity index (χ1v) is 8.34. The number of terminal acetylenes is 1. The monoisotopic (exact) mass is 344 g/mol. The zero-order valence-electron chi connectivity index (χ0n) is 14.2. The molecule has 0 saturated heterocycles. The largest absolute Gasteiger partial charge is 0.462 e. The highest BCUT2D eigenvalue weighted by Gasteiger charge is 2.24. The Morgan fingerprint density at radius 1 is 1.08 bits per heavy atom. The van der Waals surface area contributed by atoms with Crippen molar-refractivity contribution < 1.29 is 9.53 Å². The number of hydrogen-bond donors (Lipinski definition) is 0. The van der Waals surface area contributed by atoms with Crippen molar-refractivity contribution in [3.63, 3.8) is 0 Å². The van der Waals surface area contributed by atoms with Crippen LogP contribution >= 0.6 is 0 Å². The quantitative estimate of drug-likeness (QED) is 0.424. The molecule has 0 aliphatic carbocycles. The molecule has 2 heterocycles. The van der Waals surface area contributed by atoms with Gasteiger partial charge < -0.3 is 9.30 Å². The van der Waals surface area contributed by atoms with Crippen LogP contribution in [-0.2, 0) is 11.3 Å². The Morgan fingerprint density at radius 2 is 1.73 bits per heavy atom. The van der Waals surface area contributed by atoms with Gasteiger partial charge in [-0.05, 0) is 25.1 Å². The standard InChI is InChI=1S/C21H16N2O3/c1-3-13-22-16-11-7-8-12-17(16)23-19(22)18(21(25)26-4-2)14-9-5-6-10-15(14)20(23)24/h1,5-12H,4,13H2,2H3. The first-order valence-electron chi connectivity index (χ1n) is 8.34. The van der Waals surface area contributed by atoms with Crippen molar-refractivity contribution in [2.24, 2.45) is 0 Å². The van der Waals surface area contributed by atoms with Crippen LogP contribution in [0.15, 0.2) is 53.3 Å². The van der Waals surface area contributed by atoms with Crippen molar-refractivity contribution >= 4 is 33.4 Å². The Morgan fingerprint density at radius 3 is 2.42 bits per heavy atom. The Kier molecular flexibility index (Phi) is 3.74. The van der Waals surface area contributed by atoms with E-state index in [1.54, 1.807) is 35.6 Å². The van der Waals surface area contributed by atoms with E-state index in [0.29, 0.717) is 27.5 Å². The second-order valence-electron chi connectivity index (χ2n) is 5.88. The summed E-state index contributed by atoms with van der Waals surface area (Å²) in [6.45, 7) is 2.23. The van der Waals surface area contributed by atoms with E-state index in [1.165, 1.54) is 0 Å². The summed E-state index contributed by atoms with van der Waals surface area (Å²) in [5.41, 5.74) is 2.14. The molecule has 2 aromatic heterocycles. The number of fused-ring (bicyclic) bond motifs is 4. The van der Waals surface area contributed by atoms with E-state index in [9.17, 15) is 9.59 Å². The molecule has 0 unspecified atom stereocenters. The van der Waals surface area contributed by atoms with Crippen LogP contribution in [0.2, 0.25) is 0 Å². The summed E-state index contributed by atoms with van der Waals surface area (Å²) in [5.74, 6) is 2.15. The Balaban J connectivity index is 2.35. The normalized spacial score (nSPS) is 11.1. The van der Waals surface area contributed by atoms with Gasteiger partial charge >= 0.3 is 5.97 Å². The zero-order valence-corrected chi connectivity index (χ0v) is 14.2. The molecule has 5 heteroatoms. The van der Waals surface area contributed by atoms with E-state index in [2.05, 4.69) is 5.92 Å². The van der Waals surface area contributed by atoms with Gasteiger partial charge in [-0.1, -0.05) is 36.3 Å². The summed E-state index contributed by atoms with van der Waals surface area (Å²) < 4.78 is 8.67. The van der Waals surface area contributed by atoms with Gasteiger partial charge in [0.1, 0.15) is 11.2 Å². The van der Waals surface area contributed by atoms with Crippen LogP contribution in [0, 0.1) is 12.3 Å². The fourth-order valence-electron chi connectivity index (χ4n) is 3.47. The van der Waals surface area contributed by atoms with Crippen molar-refractivity contribution in [3.8, 4) is 12.3 Å². The average molecular weight is 344 g/mol. The number of imidazole rings is 1. The number of nitrogens with zero attached hydrogens (tertiary/aromatic N) is 2. The minimum Gasteiger partial charge on any atom is -0.462 e. The third-order valence-electron chi connectivity index (χ3n) is 4.46. The maximum Gasteiger partial charge on any atom is 0.342 e. The summed E-state index contributed by atoms with van der Waals surface area (Å²) in [6.07, 6.45) is 5.56. The first kappa shape index (κ1) is 16.0. The molecule has 128 valence electrons. The van der Waals surface area contributed by atoms with Gasteiger partial charge in [-0.25, -0.2) is 4.79 Å². The lowest BCUT2D eigenvalue weighted by atomic mass is 10.1. The van der Waals surface area contributed by atoms with Gasteiger partial charge in [-0.15, -0.1) is 6.42 Å². The van der Waals surface area contributed by atoms with Crippen LogP contribution in [0.4, 0.5) is 0 Å².